The number of carboxylic acids is 1. The predicted octanol–water partition coefficient (Wildman–Crippen LogP) is 5.94. The Kier molecular flexibility index (Phi) is 5.61. The molecule has 25 heavy (non-hydrogen) atoms. The van der Waals surface area contributed by atoms with Crippen LogP contribution in [0.15, 0.2) is 36.4 Å². The van der Waals surface area contributed by atoms with Gasteiger partial charge in [-0.1, -0.05) is 31.2 Å². The summed E-state index contributed by atoms with van der Waals surface area (Å²) in [6, 6.07) is 6.32. The van der Waals surface area contributed by atoms with Gasteiger partial charge in [-0.25, -0.2) is 4.39 Å². The van der Waals surface area contributed by atoms with Crippen molar-refractivity contribution >= 4 is 5.97 Å². The lowest BCUT2D eigenvalue weighted by Gasteiger charge is -2.25. The monoisotopic (exact) mass is 344 g/mol. The van der Waals surface area contributed by atoms with Gasteiger partial charge in [0.2, 0.25) is 0 Å². The molecule has 0 saturated heterocycles. The van der Waals surface area contributed by atoms with Gasteiger partial charge in [-0.15, -0.1) is 0 Å². The van der Waals surface area contributed by atoms with E-state index < -0.39 is 11.9 Å². The average Bonchev–Trinajstić information content (AvgIpc) is 3.19. The van der Waals surface area contributed by atoms with Crippen LogP contribution in [0.25, 0.3) is 0 Å². The Morgan fingerprint density at radius 2 is 1.96 bits per heavy atom. The van der Waals surface area contributed by atoms with Crippen LogP contribution >= 0.6 is 0 Å². The molecule has 1 N–H and O–H groups in total. The second-order valence-electron chi connectivity index (χ2n) is 8.07. The van der Waals surface area contributed by atoms with Gasteiger partial charge < -0.3 is 5.11 Å². The lowest BCUT2D eigenvalue weighted by atomic mass is 9.80. The maximum atomic E-state index is 13.2. The molecular weight excluding hydrogens is 315 g/mol. The summed E-state index contributed by atoms with van der Waals surface area (Å²) < 4.78 is 13.2. The largest absolute Gasteiger partial charge is 0.481 e. The summed E-state index contributed by atoms with van der Waals surface area (Å²) in [4.78, 5) is 11.7. The molecule has 2 nitrogen and oxygen atoms in total. The van der Waals surface area contributed by atoms with Crippen molar-refractivity contribution in [1.82, 2.24) is 0 Å². The number of carbonyl (C=O) groups is 1. The molecule has 0 spiro atoms. The van der Waals surface area contributed by atoms with Crippen molar-refractivity contribution in [3.05, 3.63) is 47.8 Å². The second-order valence-corrected chi connectivity index (χ2v) is 8.07. The van der Waals surface area contributed by atoms with E-state index in [1.807, 2.05) is 6.92 Å². The third-order valence-electron chi connectivity index (χ3n) is 6.54. The van der Waals surface area contributed by atoms with Crippen LogP contribution < -0.4 is 0 Å². The lowest BCUT2D eigenvalue weighted by Crippen LogP contribution is -2.21. The van der Waals surface area contributed by atoms with E-state index in [1.54, 1.807) is 12.1 Å². The van der Waals surface area contributed by atoms with Crippen LogP contribution in [0.3, 0.4) is 0 Å². The summed E-state index contributed by atoms with van der Waals surface area (Å²) in [6.07, 6.45) is 13.7. The molecule has 2 fully saturated rings. The van der Waals surface area contributed by atoms with E-state index in [1.165, 1.54) is 44.2 Å². The van der Waals surface area contributed by atoms with Gasteiger partial charge in [-0.05, 0) is 80.4 Å². The summed E-state index contributed by atoms with van der Waals surface area (Å²) in [6.45, 7) is 1.91. The third kappa shape index (κ3) is 4.13. The maximum Gasteiger partial charge on any atom is 0.307 e. The van der Waals surface area contributed by atoms with E-state index >= 15 is 0 Å². The number of aliphatic carboxylic acids is 1. The number of hydrogen-bond acceptors (Lipinski definition) is 1. The number of benzene rings is 1. The second kappa shape index (κ2) is 7.72. The van der Waals surface area contributed by atoms with Crippen molar-refractivity contribution in [2.45, 2.75) is 64.2 Å². The molecule has 2 aliphatic carbocycles. The smallest absolute Gasteiger partial charge is 0.307 e. The molecule has 3 heteroatoms. The van der Waals surface area contributed by atoms with E-state index in [4.69, 9.17) is 0 Å². The quantitative estimate of drug-likeness (QED) is 0.593. The highest BCUT2D eigenvalue weighted by molar-refractivity contribution is 5.71. The summed E-state index contributed by atoms with van der Waals surface area (Å²) in [7, 11) is 0. The number of hydrogen-bond donors (Lipinski definition) is 1. The number of rotatable bonds is 8. The molecule has 0 aliphatic heterocycles. The first-order valence-electron chi connectivity index (χ1n) is 9.66. The van der Waals surface area contributed by atoms with Crippen LogP contribution in [-0.4, -0.2) is 11.1 Å². The first-order valence-corrected chi connectivity index (χ1v) is 9.66. The Morgan fingerprint density at radius 1 is 1.28 bits per heavy atom. The Hall–Kier alpha value is -1.64. The molecule has 1 aromatic rings. The van der Waals surface area contributed by atoms with Crippen molar-refractivity contribution < 1.29 is 14.3 Å². The molecule has 2 unspecified atom stereocenters. The van der Waals surface area contributed by atoms with Gasteiger partial charge in [0.25, 0.3) is 0 Å². The Morgan fingerprint density at radius 3 is 2.48 bits per heavy atom. The Balaban J connectivity index is 1.67. The fourth-order valence-electron chi connectivity index (χ4n) is 5.05. The van der Waals surface area contributed by atoms with Crippen LogP contribution in [0.2, 0.25) is 0 Å². The van der Waals surface area contributed by atoms with E-state index in [2.05, 4.69) is 12.2 Å². The van der Waals surface area contributed by atoms with Crippen LogP contribution in [0.5, 0.6) is 0 Å². The average molecular weight is 344 g/mol. The minimum Gasteiger partial charge on any atom is -0.481 e. The van der Waals surface area contributed by atoms with Crippen LogP contribution in [0.1, 0.15) is 69.8 Å². The standard InChI is InChI=1S/C22H29FO2/c1-2-19(21(24)25)20(17-6-8-18(23)9-7-17)5-3-4-12-22-13-10-16(15-22)11-14-22/h3-4,6-9,16,19-20H,2,5,10-15H2,1H3,(H,24,25). The first kappa shape index (κ1) is 18.2. The zero-order chi connectivity index (χ0) is 17.9. The van der Waals surface area contributed by atoms with Crippen LogP contribution in [0.4, 0.5) is 4.39 Å². The molecule has 2 aliphatic rings. The van der Waals surface area contributed by atoms with Gasteiger partial charge in [-0.3, -0.25) is 4.79 Å². The SMILES string of the molecule is CCC(C(=O)O)C(CC=CCC12CCC(CC1)C2)c1ccc(F)cc1. The van der Waals surface area contributed by atoms with Gasteiger partial charge in [0.15, 0.2) is 0 Å². The number of allylic oxidation sites excluding steroid dienone is 2. The van der Waals surface area contributed by atoms with Crippen molar-refractivity contribution in [3.8, 4) is 0 Å². The molecule has 0 heterocycles. The van der Waals surface area contributed by atoms with Crippen molar-refractivity contribution in [2.24, 2.45) is 17.3 Å². The van der Waals surface area contributed by atoms with Crippen molar-refractivity contribution in [1.29, 1.82) is 0 Å². The fourth-order valence-corrected chi connectivity index (χ4v) is 5.05. The Labute approximate surface area is 150 Å². The van der Waals surface area contributed by atoms with Crippen LogP contribution in [-0.2, 0) is 4.79 Å². The summed E-state index contributed by atoms with van der Waals surface area (Å²) in [5, 5.41) is 9.58. The molecular formula is C22H29FO2. The minimum atomic E-state index is -0.766. The predicted molar refractivity (Wildman–Crippen MR) is 97.9 cm³/mol. The minimum absolute atomic E-state index is 0.100. The van der Waals surface area contributed by atoms with Gasteiger partial charge in [0.05, 0.1) is 5.92 Å². The van der Waals surface area contributed by atoms with Crippen molar-refractivity contribution in [3.63, 3.8) is 0 Å². The molecule has 2 atom stereocenters. The topological polar surface area (TPSA) is 37.3 Å². The van der Waals surface area contributed by atoms with Crippen LogP contribution in [0, 0.1) is 23.1 Å². The lowest BCUT2D eigenvalue weighted by molar-refractivity contribution is -0.142. The molecule has 2 saturated carbocycles. The van der Waals surface area contributed by atoms with Gasteiger partial charge in [-0.2, -0.15) is 0 Å². The van der Waals surface area contributed by atoms with E-state index in [0.717, 1.165) is 17.9 Å². The summed E-state index contributed by atoms with van der Waals surface area (Å²) in [5.41, 5.74) is 1.45. The molecule has 1 aromatic carbocycles. The molecule has 0 amide bonds. The highest BCUT2D eigenvalue weighted by atomic mass is 19.1. The number of carboxylic acid groups (broad SMARTS) is 1. The summed E-state index contributed by atoms with van der Waals surface area (Å²) >= 11 is 0. The molecule has 0 radical (unpaired) electrons. The van der Waals surface area contributed by atoms with Gasteiger partial charge in [0, 0.05) is 5.92 Å². The fraction of sp³-hybridized carbons (Fsp3) is 0.591. The maximum absolute atomic E-state index is 13.2. The van der Waals surface area contributed by atoms with Gasteiger partial charge in [0.1, 0.15) is 5.82 Å². The molecule has 2 bridgehead atoms. The number of halogens is 1. The van der Waals surface area contributed by atoms with E-state index in [-0.39, 0.29) is 11.7 Å². The third-order valence-corrected chi connectivity index (χ3v) is 6.54. The van der Waals surface area contributed by atoms with Gasteiger partial charge >= 0.3 is 5.97 Å². The molecule has 3 rings (SSSR count). The zero-order valence-electron chi connectivity index (χ0n) is 15.1. The van der Waals surface area contributed by atoms with Crippen molar-refractivity contribution in [2.75, 3.05) is 0 Å². The first-order chi connectivity index (χ1) is 12.0. The molecule has 0 aromatic heterocycles. The Bertz CT molecular complexity index is 611. The highest BCUT2D eigenvalue weighted by Crippen LogP contribution is 2.56. The zero-order valence-corrected chi connectivity index (χ0v) is 15.1. The van der Waals surface area contributed by atoms with E-state index in [0.29, 0.717) is 18.3 Å². The number of fused-ring (bicyclic) bond motifs is 2. The summed E-state index contributed by atoms with van der Waals surface area (Å²) in [5.74, 6) is -0.625. The highest BCUT2D eigenvalue weighted by Gasteiger charge is 2.43. The molecule has 136 valence electrons. The normalized spacial score (nSPS) is 27.7. The van der Waals surface area contributed by atoms with E-state index in [9.17, 15) is 14.3 Å².